The zero-order valence-corrected chi connectivity index (χ0v) is 27.0. The molecule has 10 rings (SSSR count). The van der Waals surface area contributed by atoms with Crippen LogP contribution in [-0.4, -0.2) is 9.55 Å². The number of hydrogen-bond donors (Lipinski definition) is 0. The van der Waals surface area contributed by atoms with Gasteiger partial charge in [-0.05, 0) is 98.2 Å². The standard InChI is InChI=1S/C46H31N3/c1-30-47-40-21-12-22-42-46(40)48(30)41-28-27-34(29-43(41)49(42)35-15-6-3-7-16-35)45-38-19-10-8-17-36(38)44(37-18-9-11-20-39(37)45)33-25-23-32(24-26-33)31-13-4-2-5-14-31/h2-29H,1H3. The van der Waals surface area contributed by atoms with Gasteiger partial charge < -0.3 is 4.90 Å². The predicted octanol–water partition coefficient (Wildman–Crippen LogP) is 12.4. The van der Waals surface area contributed by atoms with Crippen molar-refractivity contribution in [2.24, 2.45) is 0 Å². The van der Waals surface area contributed by atoms with Crippen molar-refractivity contribution in [3.63, 3.8) is 0 Å². The van der Waals surface area contributed by atoms with Crippen LogP contribution in [-0.2, 0) is 0 Å². The van der Waals surface area contributed by atoms with Crippen molar-refractivity contribution in [1.82, 2.24) is 9.55 Å². The van der Waals surface area contributed by atoms with Crippen molar-refractivity contribution in [2.45, 2.75) is 6.92 Å². The molecule has 0 unspecified atom stereocenters. The van der Waals surface area contributed by atoms with Crippen LogP contribution in [0.25, 0.3) is 71.6 Å². The maximum Gasteiger partial charge on any atom is 0.111 e. The first-order valence-electron chi connectivity index (χ1n) is 16.8. The minimum atomic E-state index is 0.989. The number of rotatable bonds is 4. The summed E-state index contributed by atoms with van der Waals surface area (Å²) in [5.41, 5.74) is 14.1. The summed E-state index contributed by atoms with van der Waals surface area (Å²) in [6, 6.07) is 61.5. The highest BCUT2D eigenvalue weighted by molar-refractivity contribution is 6.21. The SMILES string of the molecule is Cc1nc2cccc3c2n1-c1ccc(-c2c4ccccc4c(-c4ccc(-c5ccccc5)cc4)c4ccccc24)cc1N3c1ccccc1. The van der Waals surface area contributed by atoms with E-state index in [0.29, 0.717) is 0 Å². The van der Waals surface area contributed by atoms with Gasteiger partial charge in [0.25, 0.3) is 0 Å². The number of para-hydroxylation sites is 2. The van der Waals surface area contributed by atoms with Crippen molar-refractivity contribution < 1.29 is 0 Å². The van der Waals surface area contributed by atoms with E-state index in [1.54, 1.807) is 0 Å². The molecule has 1 aromatic heterocycles. The molecule has 0 N–H and O–H groups in total. The molecule has 3 nitrogen and oxygen atoms in total. The van der Waals surface area contributed by atoms with Crippen LogP contribution in [0.3, 0.4) is 0 Å². The molecule has 0 saturated heterocycles. The molecule has 1 aliphatic rings. The number of aromatic nitrogens is 2. The molecule has 0 saturated carbocycles. The summed E-state index contributed by atoms with van der Waals surface area (Å²) in [7, 11) is 0. The van der Waals surface area contributed by atoms with Gasteiger partial charge >= 0.3 is 0 Å². The Morgan fingerprint density at radius 3 is 1.59 bits per heavy atom. The van der Waals surface area contributed by atoms with E-state index in [9.17, 15) is 0 Å². The summed E-state index contributed by atoms with van der Waals surface area (Å²) >= 11 is 0. The number of nitrogens with zero attached hydrogens (tertiary/aromatic N) is 3. The van der Waals surface area contributed by atoms with Gasteiger partial charge in [0.2, 0.25) is 0 Å². The zero-order valence-electron chi connectivity index (χ0n) is 27.0. The van der Waals surface area contributed by atoms with Gasteiger partial charge in [-0.15, -0.1) is 0 Å². The maximum absolute atomic E-state index is 4.97. The average Bonchev–Trinajstić information content (AvgIpc) is 3.51. The van der Waals surface area contributed by atoms with Crippen LogP contribution in [0.2, 0.25) is 0 Å². The summed E-state index contributed by atoms with van der Waals surface area (Å²) in [6.45, 7) is 2.10. The van der Waals surface area contributed by atoms with E-state index in [-0.39, 0.29) is 0 Å². The molecule has 230 valence electrons. The second-order valence-electron chi connectivity index (χ2n) is 12.8. The third-order valence-corrected chi connectivity index (χ3v) is 10.0. The molecule has 1 aliphatic heterocycles. The molecule has 8 aromatic carbocycles. The molecule has 0 aliphatic carbocycles. The van der Waals surface area contributed by atoms with Crippen molar-refractivity contribution in [3.05, 3.63) is 176 Å². The van der Waals surface area contributed by atoms with Crippen LogP contribution in [0.15, 0.2) is 170 Å². The van der Waals surface area contributed by atoms with E-state index in [1.807, 2.05) is 0 Å². The average molecular weight is 626 g/mol. The number of fused-ring (bicyclic) bond motifs is 4. The number of imidazole rings is 1. The summed E-state index contributed by atoms with van der Waals surface area (Å²) in [4.78, 5) is 7.37. The molecule has 0 fully saturated rings. The molecular weight excluding hydrogens is 595 g/mol. The van der Waals surface area contributed by atoms with Crippen LogP contribution in [0.4, 0.5) is 17.1 Å². The minimum absolute atomic E-state index is 0.989. The lowest BCUT2D eigenvalue weighted by Crippen LogP contribution is -2.18. The van der Waals surface area contributed by atoms with Crippen LogP contribution >= 0.6 is 0 Å². The van der Waals surface area contributed by atoms with Gasteiger partial charge in [-0.3, -0.25) is 4.57 Å². The topological polar surface area (TPSA) is 21.1 Å². The first-order valence-corrected chi connectivity index (χ1v) is 16.8. The predicted molar refractivity (Wildman–Crippen MR) is 205 cm³/mol. The molecule has 49 heavy (non-hydrogen) atoms. The smallest absolute Gasteiger partial charge is 0.111 e. The second kappa shape index (κ2) is 10.8. The fourth-order valence-corrected chi connectivity index (χ4v) is 7.94. The van der Waals surface area contributed by atoms with Crippen LogP contribution in [0.1, 0.15) is 5.82 Å². The van der Waals surface area contributed by atoms with Gasteiger partial charge in [0.15, 0.2) is 0 Å². The molecule has 3 heteroatoms. The summed E-state index contributed by atoms with van der Waals surface area (Å²) < 4.78 is 2.32. The molecule has 0 amide bonds. The third-order valence-electron chi connectivity index (χ3n) is 10.0. The number of aryl methyl sites for hydroxylation is 1. The molecule has 0 atom stereocenters. The zero-order chi connectivity index (χ0) is 32.5. The van der Waals surface area contributed by atoms with Crippen LogP contribution in [0.5, 0.6) is 0 Å². The van der Waals surface area contributed by atoms with Crippen molar-refractivity contribution in [1.29, 1.82) is 0 Å². The van der Waals surface area contributed by atoms with Gasteiger partial charge in [0.1, 0.15) is 5.82 Å². The Bertz CT molecular complexity index is 2650. The van der Waals surface area contributed by atoms with E-state index >= 15 is 0 Å². The number of hydrogen-bond acceptors (Lipinski definition) is 2. The van der Waals surface area contributed by atoms with Gasteiger partial charge in [-0.25, -0.2) is 4.98 Å². The van der Waals surface area contributed by atoms with E-state index in [1.165, 1.54) is 54.9 Å². The van der Waals surface area contributed by atoms with E-state index in [4.69, 9.17) is 4.98 Å². The van der Waals surface area contributed by atoms with Gasteiger partial charge in [0, 0.05) is 5.69 Å². The summed E-state index contributed by atoms with van der Waals surface area (Å²) in [5.74, 6) is 0.989. The Hall–Kier alpha value is -6.45. The third kappa shape index (κ3) is 4.19. The highest BCUT2D eigenvalue weighted by Crippen LogP contribution is 2.50. The lowest BCUT2D eigenvalue weighted by molar-refractivity contribution is 0.982. The molecule has 0 spiro atoms. The number of benzene rings is 8. The Morgan fingerprint density at radius 2 is 0.939 bits per heavy atom. The number of anilines is 3. The van der Waals surface area contributed by atoms with Crippen molar-refractivity contribution in [2.75, 3.05) is 4.90 Å². The lowest BCUT2D eigenvalue weighted by atomic mass is 9.85. The van der Waals surface area contributed by atoms with Gasteiger partial charge in [-0.2, -0.15) is 0 Å². The Kier molecular flexibility index (Phi) is 6.09. The Morgan fingerprint density at radius 1 is 0.408 bits per heavy atom. The van der Waals surface area contributed by atoms with E-state index in [2.05, 4.69) is 186 Å². The summed E-state index contributed by atoms with van der Waals surface area (Å²) in [5, 5.41) is 4.98. The van der Waals surface area contributed by atoms with Crippen molar-refractivity contribution >= 4 is 49.6 Å². The second-order valence-corrected chi connectivity index (χ2v) is 12.8. The fourth-order valence-electron chi connectivity index (χ4n) is 7.94. The van der Waals surface area contributed by atoms with Crippen molar-refractivity contribution in [3.8, 4) is 39.1 Å². The fraction of sp³-hybridized carbons (Fsp3) is 0.0217. The lowest BCUT2D eigenvalue weighted by Gasteiger charge is -2.33. The quantitative estimate of drug-likeness (QED) is 0.181. The molecular formula is C46H31N3. The van der Waals surface area contributed by atoms with E-state index < -0.39 is 0 Å². The van der Waals surface area contributed by atoms with Gasteiger partial charge in [-0.1, -0.05) is 133 Å². The first-order chi connectivity index (χ1) is 24.2. The molecule has 9 aromatic rings. The van der Waals surface area contributed by atoms with Crippen LogP contribution in [0, 0.1) is 6.92 Å². The Labute approximate surface area is 285 Å². The summed E-state index contributed by atoms with van der Waals surface area (Å²) in [6.07, 6.45) is 0. The normalized spacial score (nSPS) is 12.1. The maximum atomic E-state index is 4.97. The molecule has 0 radical (unpaired) electrons. The largest absolute Gasteiger partial charge is 0.306 e. The monoisotopic (exact) mass is 625 g/mol. The Balaban J connectivity index is 1.22. The highest BCUT2D eigenvalue weighted by atomic mass is 15.2. The first kappa shape index (κ1) is 27.6. The van der Waals surface area contributed by atoms with Crippen LogP contribution < -0.4 is 4.90 Å². The van der Waals surface area contributed by atoms with E-state index in [0.717, 1.165) is 39.6 Å². The molecule has 2 heterocycles. The minimum Gasteiger partial charge on any atom is -0.306 e. The van der Waals surface area contributed by atoms with Gasteiger partial charge in [0.05, 0.1) is 28.1 Å². The molecule has 0 bridgehead atoms. The highest BCUT2D eigenvalue weighted by Gasteiger charge is 2.29.